The van der Waals surface area contributed by atoms with Crippen LogP contribution in [0.15, 0.2) is 18.2 Å². The first-order valence-electron chi connectivity index (χ1n) is 6.44. The van der Waals surface area contributed by atoms with E-state index in [1.54, 1.807) is 6.07 Å². The lowest BCUT2D eigenvalue weighted by Gasteiger charge is -2.13. The standard InChI is InChI=1S/C13H14Cl2N2O2S/c14-7-12-16-11-5-1-4-10(15)13(11)17(12)8-9-3-2-6-20(9,18)19/h1,4-5,9H,2-3,6-8H2. The van der Waals surface area contributed by atoms with Crippen LogP contribution in [0.25, 0.3) is 11.0 Å². The summed E-state index contributed by atoms with van der Waals surface area (Å²) in [7, 11) is -3.00. The van der Waals surface area contributed by atoms with Crippen LogP contribution < -0.4 is 0 Å². The molecule has 1 aliphatic rings. The Labute approximate surface area is 127 Å². The number of imidazole rings is 1. The molecular formula is C13H14Cl2N2O2S. The van der Waals surface area contributed by atoms with Gasteiger partial charge in [0.25, 0.3) is 0 Å². The Hall–Kier alpha value is -0.780. The smallest absolute Gasteiger partial charge is 0.154 e. The molecule has 0 aliphatic carbocycles. The molecule has 0 spiro atoms. The monoisotopic (exact) mass is 332 g/mol. The van der Waals surface area contributed by atoms with E-state index >= 15 is 0 Å². The topological polar surface area (TPSA) is 52.0 Å². The molecule has 1 unspecified atom stereocenters. The second kappa shape index (κ2) is 5.20. The third-order valence-electron chi connectivity index (χ3n) is 3.77. The maximum absolute atomic E-state index is 12.0. The maximum Gasteiger partial charge on any atom is 0.154 e. The molecule has 1 aromatic heterocycles. The number of fused-ring (bicyclic) bond motifs is 1. The summed E-state index contributed by atoms with van der Waals surface area (Å²) in [6, 6.07) is 5.46. The van der Waals surface area contributed by atoms with Gasteiger partial charge in [-0.05, 0) is 25.0 Å². The Bertz CT molecular complexity index is 755. The van der Waals surface area contributed by atoms with Gasteiger partial charge in [0, 0.05) is 6.54 Å². The first-order valence-corrected chi connectivity index (χ1v) is 9.07. The summed E-state index contributed by atoms with van der Waals surface area (Å²) >= 11 is 12.2. The summed E-state index contributed by atoms with van der Waals surface area (Å²) in [4.78, 5) is 4.43. The molecule has 1 saturated heterocycles. The van der Waals surface area contributed by atoms with E-state index in [2.05, 4.69) is 4.98 Å². The van der Waals surface area contributed by atoms with E-state index in [0.29, 0.717) is 23.8 Å². The van der Waals surface area contributed by atoms with Crippen molar-refractivity contribution >= 4 is 44.1 Å². The summed E-state index contributed by atoms with van der Waals surface area (Å²) in [6.07, 6.45) is 1.41. The van der Waals surface area contributed by atoms with Gasteiger partial charge in [0.1, 0.15) is 5.82 Å². The van der Waals surface area contributed by atoms with Crippen LogP contribution in [0.2, 0.25) is 5.02 Å². The van der Waals surface area contributed by atoms with Gasteiger partial charge in [0.2, 0.25) is 0 Å². The quantitative estimate of drug-likeness (QED) is 0.812. The zero-order valence-electron chi connectivity index (χ0n) is 10.7. The van der Waals surface area contributed by atoms with Crippen LogP contribution in [0.3, 0.4) is 0 Å². The van der Waals surface area contributed by atoms with Crippen molar-refractivity contribution < 1.29 is 8.42 Å². The van der Waals surface area contributed by atoms with Crippen molar-refractivity contribution in [3.05, 3.63) is 29.0 Å². The number of hydrogen-bond donors (Lipinski definition) is 0. The third kappa shape index (κ3) is 2.32. The number of benzene rings is 1. The van der Waals surface area contributed by atoms with Gasteiger partial charge in [-0.2, -0.15) is 0 Å². The highest BCUT2D eigenvalue weighted by Gasteiger charge is 2.32. The Balaban J connectivity index is 2.10. The molecule has 3 rings (SSSR count). The summed E-state index contributed by atoms with van der Waals surface area (Å²) < 4.78 is 25.9. The van der Waals surface area contributed by atoms with Crippen molar-refractivity contribution in [1.29, 1.82) is 0 Å². The SMILES string of the molecule is O=S1(=O)CCCC1Cn1c(CCl)nc2cccc(Cl)c21. The van der Waals surface area contributed by atoms with E-state index in [9.17, 15) is 8.42 Å². The molecule has 1 aliphatic heterocycles. The highest BCUT2D eigenvalue weighted by molar-refractivity contribution is 7.92. The van der Waals surface area contributed by atoms with E-state index in [1.165, 1.54) is 0 Å². The number of aromatic nitrogens is 2. The molecule has 2 aromatic rings. The highest BCUT2D eigenvalue weighted by atomic mass is 35.5. The average molecular weight is 333 g/mol. The molecule has 0 bridgehead atoms. The highest BCUT2D eigenvalue weighted by Crippen LogP contribution is 2.29. The first kappa shape index (κ1) is 14.2. The Morgan fingerprint density at radius 1 is 1.40 bits per heavy atom. The minimum atomic E-state index is -3.00. The molecule has 0 saturated carbocycles. The zero-order chi connectivity index (χ0) is 14.3. The Morgan fingerprint density at radius 3 is 2.85 bits per heavy atom. The van der Waals surface area contributed by atoms with Crippen LogP contribution in [0, 0.1) is 0 Å². The van der Waals surface area contributed by atoms with Crippen molar-refractivity contribution in [3.8, 4) is 0 Å². The molecule has 108 valence electrons. The number of hydrogen-bond acceptors (Lipinski definition) is 3. The Morgan fingerprint density at radius 2 is 2.20 bits per heavy atom. The zero-order valence-corrected chi connectivity index (χ0v) is 13.0. The molecule has 1 atom stereocenters. The van der Waals surface area contributed by atoms with Crippen LogP contribution in [0.4, 0.5) is 0 Å². The molecule has 7 heteroatoms. The van der Waals surface area contributed by atoms with E-state index in [0.717, 1.165) is 17.5 Å². The predicted molar refractivity (Wildman–Crippen MR) is 81.1 cm³/mol. The van der Waals surface area contributed by atoms with Crippen LogP contribution in [0.1, 0.15) is 18.7 Å². The number of para-hydroxylation sites is 1. The molecular weight excluding hydrogens is 319 g/mol. The number of rotatable bonds is 3. The second-order valence-corrected chi connectivity index (χ2v) is 8.09. The third-order valence-corrected chi connectivity index (χ3v) is 6.57. The van der Waals surface area contributed by atoms with Crippen LogP contribution in [-0.2, 0) is 22.3 Å². The summed E-state index contributed by atoms with van der Waals surface area (Å²) in [5, 5.41) is 0.208. The van der Waals surface area contributed by atoms with Gasteiger partial charge >= 0.3 is 0 Å². The van der Waals surface area contributed by atoms with Gasteiger partial charge in [-0.1, -0.05) is 17.7 Å². The number of halogens is 2. The molecule has 2 heterocycles. The lowest BCUT2D eigenvalue weighted by atomic mass is 10.2. The van der Waals surface area contributed by atoms with Crippen LogP contribution >= 0.6 is 23.2 Å². The summed E-state index contributed by atoms with van der Waals surface area (Å²) in [6.45, 7) is 0.380. The van der Waals surface area contributed by atoms with Crippen molar-refractivity contribution in [1.82, 2.24) is 9.55 Å². The van der Waals surface area contributed by atoms with Gasteiger partial charge < -0.3 is 4.57 Å². The number of nitrogens with zero attached hydrogens (tertiary/aromatic N) is 2. The lowest BCUT2D eigenvalue weighted by Crippen LogP contribution is -2.23. The second-order valence-electron chi connectivity index (χ2n) is 5.01. The van der Waals surface area contributed by atoms with Crippen molar-refractivity contribution in [2.24, 2.45) is 0 Å². The van der Waals surface area contributed by atoms with Crippen molar-refractivity contribution in [3.63, 3.8) is 0 Å². The lowest BCUT2D eigenvalue weighted by molar-refractivity contribution is 0.565. The Kier molecular flexibility index (Phi) is 3.69. The number of alkyl halides is 1. The molecule has 1 fully saturated rings. The molecule has 1 aromatic carbocycles. The first-order chi connectivity index (χ1) is 9.53. The molecule has 0 amide bonds. The summed E-state index contributed by atoms with van der Waals surface area (Å²) in [5.41, 5.74) is 1.52. The van der Waals surface area contributed by atoms with Crippen molar-refractivity contribution in [2.45, 2.75) is 30.5 Å². The number of sulfone groups is 1. The van der Waals surface area contributed by atoms with E-state index in [1.807, 2.05) is 16.7 Å². The molecule has 20 heavy (non-hydrogen) atoms. The van der Waals surface area contributed by atoms with Gasteiger partial charge in [-0.3, -0.25) is 0 Å². The fourth-order valence-electron chi connectivity index (χ4n) is 2.76. The minimum Gasteiger partial charge on any atom is -0.324 e. The minimum absolute atomic E-state index is 0.234. The van der Waals surface area contributed by atoms with Crippen molar-refractivity contribution in [2.75, 3.05) is 5.75 Å². The van der Waals surface area contributed by atoms with E-state index in [4.69, 9.17) is 23.2 Å². The average Bonchev–Trinajstić information content (AvgIpc) is 2.92. The van der Waals surface area contributed by atoms with Gasteiger partial charge in [0.15, 0.2) is 9.84 Å². The van der Waals surface area contributed by atoms with Gasteiger partial charge in [-0.15, -0.1) is 11.6 Å². The van der Waals surface area contributed by atoms with Crippen LogP contribution in [-0.4, -0.2) is 29.0 Å². The van der Waals surface area contributed by atoms with E-state index in [-0.39, 0.29) is 16.9 Å². The fourth-order valence-corrected chi connectivity index (χ4v) is 5.04. The molecule has 0 N–H and O–H groups in total. The largest absolute Gasteiger partial charge is 0.324 e. The molecule has 4 nitrogen and oxygen atoms in total. The van der Waals surface area contributed by atoms with E-state index < -0.39 is 9.84 Å². The maximum atomic E-state index is 12.0. The fraction of sp³-hybridized carbons (Fsp3) is 0.462. The normalized spacial score (nSPS) is 21.6. The van der Waals surface area contributed by atoms with Gasteiger partial charge in [-0.25, -0.2) is 13.4 Å². The van der Waals surface area contributed by atoms with Crippen LogP contribution in [0.5, 0.6) is 0 Å². The summed E-state index contributed by atoms with van der Waals surface area (Å²) in [5.74, 6) is 1.17. The predicted octanol–water partition coefficient (Wildman–Crippen LogP) is 3.01. The molecule has 0 radical (unpaired) electrons. The van der Waals surface area contributed by atoms with Gasteiger partial charge in [0.05, 0.1) is 32.9 Å².